The monoisotopic (exact) mass is 334 g/mol. The van der Waals surface area contributed by atoms with Gasteiger partial charge in [0.2, 0.25) is 5.91 Å². The third kappa shape index (κ3) is 4.26. The highest BCUT2D eigenvalue weighted by Crippen LogP contribution is 2.33. The van der Waals surface area contributed by atoms with Crippen LogP contribution in [0.25, 0.3) is 0 Å². The van der Waals surface area contributed by atoms with E-state index in [1.165, 1.54) is 6.42 Å². The lowest BCUT2D eigenvalue weighted by atomic mass is 10.0. The number of likely N-dealkylation sites (tertiary alicyclic amines) is 1. The summed E-state index contributed by atoms with van der Waals surface area (Å²) in [4.78, 5) is 14.2. The fourth-order valence-electron chi connectivity index (χ4n) is 2.47. The first kappa shape index (κ1) is 15.9. The second kappa shape index (κ2) is 6.99. The van der Waals surface area contributed by atoms with E-state index in [0.29, 0.717) is 33.2 Å². The quantitative estimate of drug-likeness (QED) is 0.892. The molecule has 1 saturated heterocycles. The van der Waals surface area contributed by atoms with E-state index in [2.05, 4.69) is 17.1 Å². The number of halogens is 3. The van der Waals surface area contributed by atoms with Gasteiger partial charge in [0, 0.05) is 11.6 Å². The van der Waals surface area contributed by atoms with Gasteiger partial charge in [0.05, 0.1) is 22.3 Å². The predicted molar refractivity (Wildman–Crippen MR) is 84.9 cm³/mol. The Morgan fingerprint density at radius 3 is 2.60 bits per heavy atom. The van der Waals surface area contributed by atoms with Crippen LogP contribution in [0.3, 0.4) is 0 Å². The summed E-state index contributed by atoms with van der Waals surface area (Å²) in [7, 11) is 0. The minimum Gasteiger partial charge on any atom is -0.322 e. The van der Waals surface area contributed by atoms with Gasteiger partial charge in [-0.2, -0.15) is 0 Å². The SMILES string of the molecule is C[C@@H]1CCCN(CC(=O)Nc2c(Cl)cc(Cl)cc2Cl)C1. The third-order valence-corrected chi connectivity index (χ3v) is 4.19. The van der Waals surface area contributed by atoms with Crippen LogP contribution in [0, 0.1) is 5.92 Å². The van der Waals surface area contributed by atoms with Gasteiger partial charge in [-0.1, -0.05) is 41.7 Å². The first-order valence-electron chi connectivity index (χ1n) is 6.62. The fraction of sp³-hybridized carbons (Fsp3) is 0.500. The summed E-state index contributed by atoms with van der Waals surface area (Å²) in [5, 5.41) is 3.91. The minimum absolute atomic E-state index is 0.106. The number of amides is 1. The summed E-state index contributed by atoms with van der Waals surface area (Å²) in [5.74, 6) is 0.532. The first-order chi connectivity index (χ1) is 9.45. The zero-order chi connectivity index (χ0) is 14.7. The average Bonchev–Trinajstić information content (AvgIpc) is 2.33. The van der Waals surface area contributed by atoms with Crippen molar-refractivity contribution in [2.45, 2.75) is 19.8 Å². The molecule has 1 amide bonds. The molecule has 1 N–H and O–H groups in total. The van der Waals surface area contributed by atoms with Gasteiger partial charge in [-0.3, -0.25) is 9.69 Å². The number of nitrogens with zero attached hydrogens (tertiary/aromatic N) is 1. The van der Waals surface area contributed by atoms with Crippen LogP contribution in [0.4, 0.5) is 5.69 Å². The van der Waals surface area contributed by atoms with Gasteiger partial charge < -0.3 is 5.32 Å². The van der Waals surface area contributed by atoms with Crippen molar-refractivity contribution in [2.24, 2.45) is 5.92 Å². The molecule has 110 valence electrons. The van der Waals surface area contributed by atoms with E-state index in [0.717, 1.165) is 19.5 Å². The highest BCUT2D eigenvalue weighted by atomic mass is 35.5. The van der Waals surface area contributed by atoms with Crippen LogP contribution in [-0.4, -0.2) is 30.4 Å². The van der Waals surface area contributed by atoms with Gasteiger partial charge in [0.25, 0.3) is 0 Å². The van der Waals surface area contributed by atoms with Gasteiger partial charge in [-0.05, 0) is 37.4 Å². The molecule has 1 aromatic carbocycles. The third-order valence-electron chi connectivity index (χ3n) is 3.38. The Kier molecular flexibility index (Phi) is 5.56. The molecule has 1 aromatic rings. The Morgan fingerprint density at radius 2 is 2.00 bits per heavy atom. The molecule has 20 heavy (non-hydrogen) atoms. The normalized spacial score (nSPS) is 19.9. The molecule has 0 bridgehead atoms. The molecule has 6 heteroatoms. The highest BCUT2D eigenvalue weighted by molar-refractivity contribution is 6.42. The van der Waals surface area contributed by atoms with Gasteiger partial charge >= 0.3 is 0 Å². The molecule has 1 heterocycles. The van der Waals surface area contributed by atoms with Crippen LogP contribution in [0.1, 0.15) is 19.8 Å². The van der Waals surface area contributed by atoms with Gasteiger partial charge in [-0.25, -0.2) is 0 Å². The van der Waals surface area contributed by atoms with Crippen LogP contribution in [-0.2, 0) is 4.79 Å². The molecule has 1 aliphatic heterocycles. The summed E-state index contributed by atoms with van der Waals surface area (Å²) in [6.07, 6.45) is 2.36. The molecule has 0 radical (unpaired) electrons. The smallest absolute Gasteiger partial charge is 0.238 e. The summed E-state index contributed by atoms with van der Waals surface area (Å²) in [5.41, 5.74) is 0.424. The van der Waals surface area contributed by atoms with Crippen LogP contribution in [0.15, 0.2) is 12.1 Å². The summed E-state index contributed by atoms with van der Waals surface area (Å²) in [6.45, 7) is 4.48. The maximum atomic E-state index is 12.1. The maximum Gasteiger partial charge on any atom is 0.238 e. The number of benzene rings is 1. The van der Waals surface area contributed by atoms with E-state index in [1.807, 2.05) is 0 Å². The van der Waals surface area contributed by atoms with E-state index < -0.39 is 0 Å². The van der Waals surface area contributed by atoms with Gasteiger partial charge in [0.15, 0.2) is 0 Å². The van der Waals surface area contributed by atoms with Crippen LogP contribution >= 0.6 is 34.8 Å². The zero-order valence-electron chi connectivity index (χ0n) is 11.3. The second-order valence-corrected chi connectivity index (χ2v) is 6.53. The van der Waals surface area contributed by atoms with Crippen molar-refractivity contribution in [3.05, 3.63) is 27.2 Å². The molecular formula is C14H17Cl3N2O. The number of carbonyl (C=O) groups is 1. The lowest BCUT2D eigenvalue weighted by Gasteiger charge is -2.30. The van der Waals surface area contributed by atoms with Crippen molar-refractivity contribution in [3.63, 3.8) is 0 Å². The van der Waals surface area contributed by atoms with Crippen LogP contribution in [0.2, 0.25) is 15.1 Å². The number of hydrogen-bond donors (Lipinski definition) is 1. The Morgan fingerprint density at radius 1 is 1.35 bits per heavy atom. The Balaban J connectivity index is 1.98. The number of anilines is 1. The van der Waals surface area contributed by atoms with Crippen molar-refractivity contribution in [3.8, 4) is 0 Å². The molecule has 0 aromatic heterocycles. The van der Waals surface area contributed by atoms with Crippen LogP contribution < -0.4 is 5.32 Å². The lowest BCUT2D eigenvalue weighted by molar-refractivity contribution is -0.117. The zero-order valence-corrected chi connectivity index (χ0v) is 13.5. The first-order valence-corrected chi connectivity index (χ1v) is 7.76. The second-order valence-electron chi connectivity index (χ2n) is 5.28. The molecule has 1 fully saturated rings. The van der Waals surface area contributed by atoms with Gasteiger partial charge in [0.1, 0.15) is 0 Å². The average molecular weight is 336 g/mol. The highest BCUT2D eigenvalue weighted by Gasteiger charge is 2.19. The topological polar surface area (TPSA) is 32.3 Å². The summed E-state index contributed by atoms with van der Waals surface area (Å²) in [6, 6.07) is 3.13. The number of carbonyl (C=O) groups excluding carboxylic acids is 1. The standard InChI is InChI=1S/C14H17Cl3N2O/c1-9-3-2-4-19(7-9)8-13(20)18-14-11(16)5-10(15)6-12(14)17/h5-6,9H,2-4,7-8H2,1H3,(H,18,20)/t9-/m1/s1. The van der Waals surface area contributed by atoms with E-state index in [9.17, 15) is 4.79 Å². The molecular weight excluding hydrogens is 319 g/mol. The Labute approximate surface area is 134 Å². The molecule has 0 aliphatic carbocycles. The predicted octanol–water partition coefficient (Wildman–Crippen LogP) is 4.32. The number of hydrogen-bond acceptors (Lipinski definition) is 2. The van der Waals surface area contributed by atoms with Crippen molar-refractivity contribution in [1.29, 1.82) is 0 Å². The molecule has 1 atom stereocenters. The van der Waals surface area contributed by atoms with E-state index in [1.54, 1.807) is 12.1 Å². The summed E-state index contributed by atoms with van der Waals surface area (Å²) >= 11 is 17.9. The van der Waals surface area contributed by atoms with E-state index in [4.69, 9.17) is 34.8 Å². The fourth-order valence-corrected chi connectivity index (χ4v) is 3.39. The maximum absolute atomic E-state index is 12.1. The Bertz CT molecular complexity index is 484. The van der Waals surface area contributed by atoms with E-state index in [-0.39, 0.29) is 5.91 Å². The molecule has 0 saturated carbocycles. The molecule has 2 rings (SSSR count). The molecule has 1 aliphatic rings. The number of nitrogens with one attached hydrogen (secondary N) is 1. The lowest BCUT2D eigenvalue weighted by Crippen LogP contribution is -2.39. The van der Waals surface area contributed by atoms with Crippen LogP contribution in [0.5, 0.6) is 0 Å². The summed E-state index contributed by atoms with van der Waals surface area (Å²) < 4.78 is 0. The molecule has 3 nitrogen and oxygen atoms in total. The van der Waals surface area contributed by atoms with Gasteiger partial charge in [-0.15, -0.1) is 0 Å². The minimum atomic E-state index is -0.106. The van der Waals surface area contributed by atoms with Crippen molar-refractivity contribution in [1.82, 2.24) is 4.90 Å². The van der Waals surface area contributed by atoms with E-state index >= 15 is 0 Å². The van der Waals surface area contributed by atoms with Crippen molar-refractivity contribution >= 4 is 46.4 Å². The van der Waals surface area contributed by atoms with Crippen molar-refractivity contribution in [2.75, 3.05) is 25.0 Å². The molecule has 0 spiro atoms. The molecule has 0 unspecified atom stereocenters. The largest absolute Gasteiger partial charge is 0.322 e. The Hall–Kier alpha value is -0.480. The number of rotatable bonds is 3. The van der Waals surface area contributed by atoms with Crippen molar-refractivity contribution < 1.29 is 4.79 Å². The number of piperidine rings is 1.